The maximum atomic E-state index is 10.9. The molecule has 1 saturated carbocycles. The zero-order valence-electron chi connectivity index (χ0n) is 11.4. The maximum absolute atomic E-state index is 10.9. The Bertz CT molecular complexity index is 362. The molecule has 0 aromatic heterocycles. The van der Waals surface area contributed by atoms with E-state index < -0.39 is 4.33 Å². The van der Waals surface area contributed by atoms with Crippen molar-refractivity contribution in [2.45, 2.75) is 50.3 Å². The van der Waals surface area contributed by atoms with Crippen molar-refractivity contribution in [2.75, 3.05) is 0 Å². The van der Waals surface area contributed by atoms with Crippen LogP contribution < -0.4 is 0 Å². The van der Waals surface area contributed by atoms with Gasteiger partial charge in [-0.1, -0.05) is 29.3 Å². The predicted molar refractivity (Wildman–Crippen MR) is 77.6 cm³/mol. The van der Waals surface area contributed by atoms with Gasteiger partial charge in [-0.2, -0.15) is 0 Å². The molecular weight excluding hydrogens is 287 g/mol. The Labute approximate surface area is 124 Å². The Morgan fingerprint density at radius 1 is 1.32 bits per heavy atom. The number of allylic oxidation sites excluding steroid dienone is 1. The first kappa shape index (κ1) is 18.3. The zero-order valence-corrected chi connectivity index (χ0v) is 12.9. The van der Waals surface area contributed by atoms with Crippen molar-refractivity contribution in [3.63, 3.8) is 0 Å². The van der Waals surface area contributed by atoms with Gasteiger partial charge in [0.05, 0.1) is 0 Å². The molecule has 0 bridgehead atoms. The van der Waals surface area contributed by atoms with Crippen molar-refractivity contribution < 1.29 is 14.4 Å². The Morgan fingerprint density at radius 3 is 2.11 bits per heavy atom. The highest BCUT2D eigenvalue weighted by atomic mass is 35.5. The molecular formula is C14H20Cl2O3. The molecule has 0 spiro atoms. The Balaban J connectivity index is 0.000000399. The largest absolute Gasteiger partial charge is 0.300 e. The molecule has 1 atom stereocenters. The molecule has 1 aliphatic carbocycles. The van der Waals surface area contributed by atoms with Gasteiger partial charge in [0.25, 0.3) is 0 Å². The molecule has 19 heavy (non-hydrogen) atoms. The molecule has 0 aromatic rings. The Kier molecular flexibility index (Phi) is 8.19. The van der Waals surface area contributed by atoms with Crippen LogP contribution in [0, 0.1) is 5.92 Å². The highest BCUT2D eigenvalue weighted by molar-refractivity contribution is 6.60. The standard InChI is InChI=1S/C8H10Cl2O2.C6H10O/c1-5(11)2-3-6-4-7(12)8(6,9)10;1-3-4-5-6(2)7/h6H,2-4H2,1H3;3H,1,4-5H2,2H3. The minimum Gasteiger partial charge on any atom is -0.300 e. The van der Waals surface area contributed by atoms with E-state index in [0.717, 1.165) is 6.42 Å². The third kappa shape index (κ3) is 6.88. The lowest BCUT2D eigenvalue weighted by atomic mass is 9.79. The first-order valence-electron chi connectivity index (χ1n) is 6.22. The summed E-state index contributed by atoms with van der Waals surface area (Å²) in [6.45, 7) is 6.59. The second-order valence-electron chi connectivity index (χ2n) is 4.72. The van der Waals surface area contributed by atoms with Crippen LogP contribution in [0.5, 0.6) is 0 Å². The van der Waals surface area contributed by atoms with E-state index in [1.165, 1.54) is 6.92 Å². The molecule has 1 unspecified atom stereocenters. The number of Topliss-reactive ketones (excluding diaryl/α,β-unsaturated/α-hetero) is 3. The van der Waals surface area contributed by atoms with Crippen molar-refractivity contribution in [1.82, 2.24) is 0 Å². The molecule has 0 heterocycles. The van der Waals surface area contributed by atoms with E-state index in [2.05, 4.69) is 6.58 Å². The molecule has 0 aromatic carbocycles. The highest BCUT2D eigenvalue weighted by Gasteiger charge is 2.51. The summed E-state index contributed by atoms with van der Waals surface area (Å²) in [5.41, 5.74) is 0. The van der Waals surface area contributed by atoms with Gasteiger partial charge in [-0.3, -0.25) is 4.79 Å². The zero-order chi connectivity index (χ0) is 15.1. The van der Waals surface area contributed by atoms with Crippen molar-refractivity contribution >= 4 is 40.6 Å². The lowest BCUT2D eigenvalue weighted by Crippen LogP contribution is -2.47. The number of halogens is 2. The smallest absolute Gasteiger partial charge is 0.179 e. The van der Waals surface area contributed by atoms with E-state index in [9.17, 15) is 14.4 Å². The van der Waals surface area contributed by atoms with Crippen LogP contribution in [0.25, 0.3) is 0 Å². The number of alkyl halides is 2. The summed E-state index contributed by atoms with van der Waals surface area (Å²) in [6.07, 6.45) is 4.70. The van der Waals surface area contributed by atoms with Gasteiger partial charge in [0.15, 0.2) is 10.1 Å². The molecule has 0 N–H and O–H groups in total. The van der Waals surface area contributed by atoms with Gasteiger partial charge in [0, 0.05) is 25.2 Å². The topological polar surface area (TPSA) is 51.2 Å². The van der Waals surface area contributed by atoms with Crippen LogP contribution in [-0.4, -0.2) is 21.7 Å². The van der Waals surface area contributed by atoms with Gasteiger partial charge in [-0.15, -0.1) is 6.58 Å². The molecule has 1 rings (SSSR count). The van der Waals surface area contributed by atoms with Crippen LogP contribution in [0.15, 0.2) is 12.7 Å². The number of ketones is 3. The summed E-state index contributed by atoms with van der Waals surface area (Å²) < 4.78 is -1.21. The van der Waals surface area contributed by atoms with Crippen molar-refractivity contribution in [3.05, 3.63) is 12.7 Å². The van der Waals surface area contributed by atoms with E-state index in [1.807, 2.05) is 0 Å². The quantitative estimate of drug-likeness (QED) is 0.556. The molecule has 108 valence electrons. The van der Waals surface area contributed by atoms with Gasteiger partial charge < -0.3 is 9.59 Å². The van der Waals surface area contributed by atoms with Crippen LogP contribution in [-0.2, 0) is 14.4 Å². The van der Waals surface area contributed by atoms with Crippen molar-refractivity contribution in [1.29, 1.82) is 0 Å². The average Bonchev–Trinajstić information content (AvgIpc) is 2.32. The van der Waals surface area contributed by atoms with Gasteiger partial charge in [-0.25, -0.2) is 0 Å². The maximum Gasteiger partial charge on any atom is 0.179 e. The van der Waals surface area contributed by atoms with Crippen LogP contribution >= 0.6 is 23.2 Å². The fraction of sp³-hybridized carbons (Fsp3) is 0.643. The molecule has 1 fully saturated rings. The number of hydrogen-bond donors (Lipinski definition) is 0. The molecule has 5 heteroatoms. The summed E-state index contributed by atoms with van der Waals surface area (Å²) in [5.74, 6) is 0.190. The number of carbonyl (C=O) groups is 3. The lowest BCUT2D eigenvalue weighted by Gasteiger charge is -2.37. The van der Waals surface area contributed by atoms with Crippen LogP contribution in [0.3, 0.4) is 0 Å². The number of carbonyl (C=O) groups excluding carboxylic acids is 3. The third-order valence-electron chi connectivity index (χ3n) is 2.86. The SMILES string of the molecule is C=CCCC(C)=O.CC(=O)CCC1CC(=O)C1(Cl)Cl. The van der Waals surface area contributed by atoms with Gasteiger partial charge >= 0.3 is 0 Å². The number of rotatable bonds is 6. The van der Waals surface area contributed by atoms with E-state index in [-0.39, 0.29) is 23.3 Å². The minimum atomic E-state index is -1.21. The van der Waals surface area contributed by atoms with E-state index in [0.29, 0.717) is 25.7 Å². The Hall–Kier alpha value is -0.670. The molecule has 1 aliphatic rings. The van der Waals surface area contributed by atoms with E-state index in [4.69, 9.17) is 23.2 Å². The second kappa shape index (κ2) is 8.49. The molecule has 0 saturated heterocycles. The van der Waals surface area contributed by atoms with Gasteiger partial charge in [0.1, 0.15) is 11.6 Å². The normalized spacial score (nSPS) is 19.8. The molecule has 3 nitrogen and oxygen atoms in total. The number of hydrogen-bond acceptors (Lipinski definition) is 3. The fourth-order valence-electron chi connectivity index (χ4n) is 1.55. The van der Waals surface area contributed by atoms with Crippen LogP contribution in [0.1, 0.15) is 46.0 Å². The van der Waals surface area contributed by atoms with Crippen LogP contribution in [0.4, 0.5) is 0 Å². The average molecular weight is 307 g/mol. The summed E-state index contributed by atoms with van der Waals surface area (Å²) in [6, 6.07) is 0. The fourth-order valence-corrected chi connectivity index (χ4v) is 2.08. The third-order valence-corrected chi connectivity index (χ3v) is 3.90. The molecule has 0 radical (unpaired) electrons. The first-order chi connectivity index (χ1) is 8.71. The van der Waals surface area contributed by atoms with E-state index >= 15 is 0 Å². The monoisotopic (exact) mass is 306 g/mol. The predicted octanol–water partition coefficient (Wildman–Crippen LogP) is 3.66. The molecule has 0 amide bonds. The van der Waals surface area contributed by atoms with Crippen molar-refractivity contribution in [3.8, 4) is 0 Å². The summed E-state index contributed by atoms with van der Waals surface area (Å²) in [4.78, 5) is 31.6. The first-order valence-corrected chi connectivity index (χ1v) is 6.98. The van der Waals surface area contributed by atoms with Crippen molar-refractivity contribution in [2.24, 2.45) is 5.92 Å². The van der Waals surface area contributed by atoms with Crippen LogP contribution in [0.2, 0.25) is 0 Å². The molecule has 0 aliphatic heterocycles. The minimum absolute atomic E-state index is 0.0303. The second-order valence-corrected chi connectivity index (χ2v) is 6.10. The lowest BCUT2D eigenvalue weighted by molar-refractivity contribution is -0.129. The van der Waals surface area contributed by atoms with Gasteiger partial charge in [0.2, 0.25) is 0 Å². The summed E-state index contributed by atoms with van der Waals surface area (Å²) in [5, 5.41) is 0. The Morgan fingerprint density at radius 2 is 1.84 bits per heavy atom. The highest BCUT2D eigenvalue weighted by Crippen LogP contribution is 2.46. The van der Waals surface area contributed by atoms with E-state index in [1.54, 1.807) is 13.0 Å². The summed E-state index contributed by atoms with van der Waals surface area (Å²) in [7, 11) is 0. The van der Waals surface area contributed by atoms with Gasteiger partial charge in [-0.05, 0) is 26.7 Å². The summed E-state index contributed by atoms with van der Waals surface area (Å²) >= 11 is 11.4.